The summed E-state index contributed by atoms with van der Waals surface area (Å²) in [6.07, 6.45) is 6.95. The minimum absolute atomic E-state index is 0.0714. The molecule has 2 aromatic rings. The molecule has 1 amide bonds. The first-order chi connectivity index (χ1) is 9.75. The highest BCUT2D eigenvalue weighted by molar-refractivity contribution is 5.95. The molecule has 1 aliphatic carbocycles. The maximum atomic E-state index is 12.5. The Morgan fingerprint density at radius 1 is 1.25 bits per heavy atom. The van der Waals surface area contributed by atoms with Crippen molar-refractivity contribution in [1.29, 1.82) is 0 Å². The maximum absolute atomic E-state index is 12.5. The van der Waals surface area contributed by atoms with E-state index in [0.717, 1.165) is 18.4 Å². The molecule has 0 radical (unpaired) electrons. The number of rotatable bonds is 4. The predicted octanol–water partition coefficient (Wildman–Crippen LogP) is 1.99. The fourth-order valence-electron chi connectivity index (χ4n) is 2.14. The topological polar surface area (TPSA) is 66.3 Å². The Labute approximate surface area is 116 Å². The lowest BCUT2D eigenvalue weighted by atomic mass is 10.2. The number of hydrogen-bond acceptors (Lipinski definition) is 4. The molecule has 1 aliphatic rings. The van der Waals surface area contributed by atoms with Gasteiger partial charge in [-0.05, 0) is 42.7 Å². The van der Waals surface area contributed by atoms with Crippen molar-refractivity contribution in [1.82, 2.24) is 14.9 Å². The van der Waals surface area contributed by atoms with Gasteiger partial charge in [0.2, 0.25) is 0 Å². The normalized spacial score (nSPS) is 14.0. The van der Waals surface area contributed by atoms with E-state index >= 15 is 0 Å². The Morgan fingerprint density at radius 2 is 2.00 bits per heavy atom. The summed E-state index contributed by atoms with van der Waals surface area (Å²) in [6, 6.07) is 7.12. The van der Waals surface area contributed by atoms with Gasteiger partial charge in [0.15, 0.2) is 5.69 Å². The number of nitrogens with zero attached hydrogens (tertiary/aromatic N) is 3. The van der Waals surface area contributed by atoms with E-state index in [2.05, 4.69) is 9.97 Å². The monoisotopic (exact) mass is 269 g/mol. The first-order valence-electron chi connectivity index (χ1n) is 6.59. The number of amides is 1. The first-order valence-corrected chi connectivity index (χ1v) is 6.59. The van der Waals surface area contributed by atoms with Crippen LogP contribution in [0.15, 0.2) is 42.9 Å². The number of carbonyl (C=O) groups is 1. The third kappa shape index (κ3) is 2.61. The van der Waals surface area contributed by atoms with Gasteiger partial charge in [-0.2, -0.15) is 0 Å². The fraction of sp³-hybridized carbons (Fsp3) is 0.267. The predicted molar refractivity (Wildman–Crippen MR) is 73.0 cm³/mol. The highest BCUT2D eigenvalue weighted by Crippen LogP contribution is 2.30. The Balaban J connectivity index is 1.84. The summed E-state index contributed by atoms with van der Waals surface area (Å²) in [5.74, 6) is -0.291. The SMILES string of the molecule is O=C(c1ncccc1O)N(Cc1ccncc1)C1CC1. The Morgan fingerprint density at radius 3 is 2.65 bits per heavy atom. The van der Waals surface area contributed by atoms with E-state index in [9.17, 15) is 9.90 Å². The molecule has 0 atom stereocenters. The van der Waals surface area contributed by atoms with Crippen LogP contribution in [-0.4, -0.2) is 31.9 Å². The zero-order valence-electron chi connectivity index (χ0n) is 10.9. The van der Waals surface area contributed by atoms with Crippen LogP contribution >= 0.6 is 0 Å². The molecule has 102 valence electrons. The molecule has 5 nitrogen and oxygen atoms in total. The van der Waals surface area contributed by atoms with Gasteiger partial charge >= 0.3 is 0 Å². The zero-order valence-corrected chi connectivity index (χ0v) is 10.9. The van der Waals surface area contributed by atoms with Gasteiger partial charge in [-0.3, -0.25) is 9.78 Å². The van der Waals surface area contributed by atoms with Crippen molar-refractivity contribution < 1.29 is 9.90 Å². The minimum atomic E-state index is -0.220. The van der Waals surface area contributed by atoms with Gasteiger partial charge in [0.05, 0.1) is 0 Å². The Bertz CT molecular complexity index is 612. The maximum Gasteiger partial charge on any atom is 0.276 e. The zero-order chi connectivity index (χ0) is 13.9. The van der Waals surface area contributed by atoms with E-state index in [1.165, 1.54) is 12.3 Å². The van der Waals surface area contributed by atoms with Gasteiger partial charge in [-0.25, -0.2) is 4.98 Å². The second-order valence-corrected chi connectivity index (χ2v) is 4.89. The molecule has 3 rings (SSSR count). The van der Waals surface area contributed by atoms with E-state index in [-0.39, 0.29) is 23.4 Å². The summed E-state index contributed by atoms with van der Waals surface area (Å²) in [4.78, 5) is 22.3. The Kier molecular flexibility index (Phi) is 3.33. The molecule has 0 aromatic carbocycles. The molecule has 2 heterocycles. The van der Waals surface area contributed by atoms with Crippen LogP contribution in [0.25, 0.3) is 0 Å². The number of carbonyl (C=O) groups excluding carboxylic acids is 1. The molecule has 0 saturated heterocycles. The summed E-state index contributed by atoms with van der Waals surface area (Å²) in [6.45, 7) is 0.516. The van der Waals surface area contributed by atoms with Crippen molar-refractivity contribution in [3.05, 3.63) is 54.1 Å². The van der Waals surface area contributed by atoms with Crippen molar-refractivity contribution in [3.8, 4) is 5.75 Å². The molecular formula is C15H15N3O2. The molecule has 0 unspecified atom stereocenters. The van der Waals surface area contributed by atoms with Crippen molar-refractivity contribution in [2.75, 3.05) is 0 Å². The van der Waals surface area contributed by atoms with Gasteiger partial charge in [-0.15, -0.1) is 0 Å². The minimum Gasteiger partial charge on any atom is -0.505 e. The smallest absolute Gasteiger partial charge is 0.276 e. The van der Waals surface area contributed by atoms with Crippen LogP contribution in [0.1, 0.15) is 28.9 Å². The highest BCUT2D eigenvalue weighted by atomic mass is 16.3. The lowest BCUT2D eigenvalue weighted by Crippen LogP contribution is -2.33. The lowest BCUT2D eigenvalue weighted by molar-refractivity contribution is 0.0720. The average Bonchev–Trinajstić information content (AvgIpc) is 3.30. The van der Waals surface area contributed by atoms with Crippen LogP contribution in [0.3, 0.4) is 0 Å². The van der Waals surface area contributed by atoms with E-state index in [4.69, 9.17) is 0 Å². The number of hydrogen-bond donors (Lipinski definition) is 1. The number of aromatic hydroxyl groups is 1. The molecule has 0 aliphatic heterocycles. The van der Waals surface area contributed by atoms with E-state index in [1.807, 2.05) is 12.1 Å². The average molecular weight is 269 g/mol. The fourth-order valence-corrected chi connectivity index (χ4v) is 2.14. The van der Waals surface area contributed by atoms with Gasteiger partial charge in [0.25, 0.3) is 5.91 Å². The molecule has 1 N–H and O–H groups in total. The van der Waals surface area contributed by atoms with Crippen molar-refractivity contribution in [2.45, 2.75) is 25.4 Å². The van der Waals surface area contributed by atoms with Gasteiger partial charge in [0, 0.05) is 31.2 Å². The van der Waals surface area contributed by atoms with E-state index < -0.39 is 0 Å². The molecular weight excluding hydrogens is 254 g/mol. The summed E-state index contributed by atoms with van der Waals surface area (Å²) in [5, 5.41) is 9.78. The van der Waals surface area contributed by atoms with Crippen molar-refractivity contribution >= 4 is 5.91 Å². The summed E-state index contributed by atoms with van der Waals surface area (Å²) in [7, 11) is 0. The summed E-state index contributed by atoms with van der Waals surface area (Å²) < 4.78 is 0. The van der Waals surface area contributed by atoms with Gasteiger partial charge in [-0.1, -0.05) is 0 Å². The molecule has 5 heteroatoms. The third-order valence-corrected chi connectivity index (χ3v) is 3.34. The largest absolute Gasteiger partial charge is 0.505 e. The van der Waals surface area contributed by atoms with Gasteiger partial charge < -0.3 is 10.0 Å². The molecule has 0 spiro atoms. The third-order valence-electron chi connectivity index (χ3n) is 3.34. The highest BCUT2D eigenvalue weighted by Gasteiger charge is 2.34. The number of aromatic nitrogens is 2. The van der Waals surface area contributed by atoms with Crippen LogP contribution in [0.5, 0.6) is 5.75 Å². The number of pyridine rings is 2. The van der Waals surface area contributed by atoms with Gasteiger partial charge in [0.1, 0.15) is 5.75 Å². The summed E-state index contributed by atoms with van der Waals surface area (Å²) >= 11 is 0. The standard InChI is InChI=1S/C15H15N3O2/c19-13-2-1-7-17-14(13)15(20)18(12-3-4-12)10-11-5-8-16-9-6-11/h1-2,5-9,12,19H,3-4,10H2. The first kappa shape index (κ1) is 12.6. The van der Waals surface area contributed by atoms with E-state index in [0.29, 0.717) is 6.54 Å². The van der Waals surface area contributed by atoms with Crippen molar-refractivity contribution in [3.63, 3.8) is 0 Å². The molecule has 1 saturated carbocycles. The molecule has 20 heavy (non-hydrogen) atoms. The molecule has 2 aromatic heterocycles. The molecule has 0 bridgehead atoms. The lowest BCUT2D eigenvalue weighted by Gasteiger charge is -2.22. The van der Waals surface area contributed by atoms with E-state index in [1.54, 1.807) is 23.4 Å². The Hall–Kier alpha value is -2.43. The van der Waals surface area contributed by atoms with Crippen LogP contribution in [-0.2, 0) is 6.54 Å². The second kappa shape index (κ2) is 5.28. The van der Waals surface area contributed by atoms with Crippen LogP contribution in [0.4, 0.5) is 0 Å². The van der Waals surface area contributed by atoms with Crippen LogP contribution in [0.2, 0.25) is 0 Å². The van der Waals surface area contributed by atoms with Crippen molar-refractivity contribution in [2.24, 2.45) is 0 Å². The second-order valence-electron chi connectivity index (χ2n) is 4.89. The summed E-state index contributed by atoms with van der Waals surface area (Å²) in [5.41, 5.74) is 1.14. The van der Waals surface area contributed by atoms with Crippen LogP contribution in [0, 0.1) is 0 Å². The van der Waals surface area contributed by atoms with Crippen LogP contribution < -0.4 is 0 Å². The quantitative estimate of drug-likeness (QED) is 0.921. The molecule has 1 fully saturated rings.